The van der Waals surface area contributed by atoms with Crippen LogP contribution in [0.3, 0.4) is 0 Å². The van der Waals surface area contributed by atoms with E-state index in [1.54, 1.807) is 0 Å². The van der Waals surface area contributed by atoms with Gasteiger partial charge in [-0.1, -0.05) is 41.5 Å². The average molecular weight is 471 g/mol. The number of hydrogen-bond donors (Lipinski definition) is 2. The van der Waals surface area contributed by atoms with E-state index >= 15 is 0 Å². The van der Waals surface area contributed by atoms with E-state index in [-0.39, 0.29) is 29.8 Å². The zero-order valence-corrected chi connectivity index (χ0v) is 22.3. The number of cyclic esters (lactones) is 1. The number of carbonyl (C=O) groups is 1. The molecule has 0 aromatic heterocycles. The minimum absolute atomic E-state index is 0.0499. The largest absolute Gasteiger partial charge is 0.435 e. The molecule has 33 heavy (non-hydrogen) atoms. The molecule has 2 N–H and O–H groups in total. The molecule has 0 saturated carbocycles. The lowest BCUT2D eigenvalue weighted by Crippen LogP contribution is -2.53. The molecule has 10 unspecified atom stereocenters. The molecule has 2 heterocycles. The van der Waals surface area contributed by atoms with Crippen LogP contribution in [0.2, 0.25) is 0 Å². The van der Waals surface area contributed by atoms with Gasteiger partial charge in [0.1, 0.15) is 6.10 Å². The Balaban J connectivity index is 2.21. The number of rotatable bonds is 3. The van der Waals surface area contributed by atoms with E-state index < -0.39 is 18.7 Å². The Kier molecular flexibility index (Phi) is 11.6. The third kappa shape index (κ3) is 8.77. The normalized spacial score (nSPS) is 43.4. The Hall–Kier alpha value is -0.730. The minimum Gasteiger partial charge on any atom is -0.435 e. The number of carbonyl (C=O) groups excluding carboxylic acids is 1. The van der Waals surface area contributed by atoms with Crippen LogP contribution in [-0.4, -0.2) is 74.5 Å². The van der Waals surface area contributed by atoms with Crippen LogP contribution in [0.5, 0.6) is 0 Å². The highest BCUT2D eigenvalue weighted by molar-refractivity contribution is 5.72. The molecule has 0 aliphatic carbocycles. The summed E-state index contributed by atoms with van der Waals surface area (Å²) in [5, 5.41) is 13.8. The van der Waals surface area contributed by atoms with Gasteiger partial charge in [0.25, 0.3) is 0 Å². The number of ether oxygens (including phenoxy) is 3. The van der Waals surface area contributed by atoms with Crippen molar-refractivity contribution in [1.29, 1.82) is 0 Å². The van der Waals surface area contributed by atoms with Crippen LogP contribution in [0, 0.1) is 35.5 Å². The molecule has 0 radical (unpaired) electrons. The molecule has 2 aliphatic rings. The number of esters is 1. The van der Waals surface area contributed by atoms with Gasteiger partial charge < -0.3 is 29.5 Å². The summed E-state index contributed by atoms with van der Waals surface area (Å²) in [7, 11) is 3.99. The SMILES string of the molecule is CNC1CCOC(OC2OC(=O)C(C)CC(C)CC(C)CC(C)CN(C)CC(C)C2C)C1O. The van der Waals surface area contributed by atoms with E-state index in [0.717, 1.165) is 25.9 Å². The van der Waals surface area contributed by atoms with Gasteiger partial charge in [-0.05, 0) is 63.5 Å². The quantitative estimate of drug-likeness (QED) is 0.611. The summed E-state index contributed by atoms with van der Waals surface area (Å²) in [6, 6.07) is -0.108. The Morgan fingerprint density at radius 3 is 2.27 bits per heavy atom. The van der Waals surface area contributed by atoms with E-state index in [1.807, 2.05) is 14.0 Å². The molecule has 10 atom stereocenters. The third-order valence-electron chi connectivity index (χ3n) is 7.59. The Morgan fingerprint density at radius 1 is 0.970 bits per heavy atom. The van der Waals surface area contributed by atoms with Crippen molar-refractivity contribution in [1.82, 2.24) is 10.2 Å². The number of nitrogens with zero attached hydrogens (tertiary/aromatic N) is 1. The number of aliphatic hydroxyl groups excluding tert-OH is 1. The maximum absolute atomic E-state index is 13.1. The zero-order chi connectivity index (χ0) is 24.7. The van der Waals surface area contributed by atoms with Crippen LogP contribution in [0.25, 0.3) is 0 Å². The van der Waals surface area contributed by atoms with E-state index in [1.165, 1.54) is 6.42 Å². The summed E-state index contributed by atoms with van der Waals surface area (Å²) in [6.45, 7) is 15.5. The summed E-state index contributed by atoms with van der Waals surface area (Å²) < 4.78 is 17.9. The van der Waals surface area contributed by atoms with Gasteiger partial charge in [0.2, 0.25) is 6.29 Å². The summed E-state index contributed by atoms with van der Waals surface area (Å²) in [5.74, 6) is 1.46. The second-order valence-corrected chi connectivity index (χ2v) is 11.3. The van der Waals surface area contributed by atoms with E-state index in [0.29, 0.717) is 30.8 Å². The standard InChI is InChI=1S/C26H50N2O5/c1-16-11-17(2)13-19(4)24(30)32-25(33-26-23(29)22(27-7)9-10-31-26)21(6)20(5)15-28(8)14-18(3)12-16/h16-23,25-27,29H,9-15H2,1-8H3. The minimum atomic E-state index is -0.821. The molecule has 2 saturated heterocycles. The highest BCUT2D eigenvalue weighted by atomic mass is 16.8. The lowest BCUT2D eigenvalue weighted by Gasteiger charge is -2.38. The van der Waals surface area contributed by atoms with Crippen molar-refractivity contribution in [2.75, 3.05) is 33.8 Å². The first-order chi connectivity index (χ1) is 15.5. The highest BCUT2D eigenvalue weighted by Gasteiger charge is 2.38. The van der Waals surface area contributed by atoms with E-state index in [9.17, 15) is 9.90 Å². The Labute approximate surface area is 201 Å². The molecular formula is C26H50N2O5. The fraction of sp³-hybridized carbons (Fsp3) is 0.962. The highest BCUT2D eigenvalue weighted by Crippen LogP contribution is 2.29. The predicted octanol–water partition coefficient (Wildman–Crippen LogP) is 3.50. The molecule has 0 spiro atoms. The first-order valence-corrected chi connectivity index (χ1v) is 13.0. The van der Waals surface area contributed by atoms with Gasteiger partial charge >= 0.3 is 5.97 Å². The third-order valence-corrected chi connectivity index (χ3v) is 7.59. The Bertz CT molecular complexity index is 591. The molecule has 2 aliphatic heterocycles. The first kappa shape index (κ1) is 28.5. The van der Waals surface area contributed by atoms with Crippen molar-refractivity contribution in [2.24, 2.45) is 35.5 Å². The zero-order valence-electron chi connectivity index (χ0n) is 22.3. The molecule has 2 fully saturated rings. The molecule has 0 bridgehead atoms. The second kappa shape index (κ2) is 13.4. The van der Waals surface area contributed by atoms with E-state index in [2.05, 4.69) is 51.9 Å². The number of nitrogens with one attached hydrogen (secondary N) is 1. The fourth-order valence-corrected chi connectivity index (χ4v) is 5.70. The van der Waals surface area contributed by atoms with Gasteiger partial charge in [-0.15, -0.1) is 0 Å². The van der Waals surface area contributed by atoms with Crippen LogP contribution in [0.4, 0.5) is 0 Å². The topological polar surface area (TPSA) is 80.3 Å². The number of hydrogen-bond acceptors (Lipinski definition) is 7. The van der Waals surface area contributed by atoms with Crippen LogP contribution < -0.4 is 5.32 Å². The smallest absolute Gasteiger partial charge is 0.310 e. The van der Waals surface area contributed by atoms with Crippen LogP contribution in [-0.2, 0) is 19.0 Å². The van der Waals surface area contributed by atoms with Crippen molar-refractivity contribution >= 4 is 5.97 Å². The monoisotopic (exact) mass is 470 g/mol. The van der Waals surface area contributed by atoms with Gasteiger partial charge in [-0.25, -0.2) is 0 Å². The van der Waals surface area contributed by atoms with Crippen LogP contribution >= 0.6 is 0 Å². The lowest BCUT2D eigenvalue weighted by atomic mass is 9.85. The lowest BCUT2D eigenvalue weighted by molar-refractivity contribution is -0.296. The summed E-state index contributed by atoms with van der Waals surface area (Å²) in [5.41, 5.74) is 0. The van der Waals surface area contributed by atoms with Crippen molar-refractivity contribution in [3.63, 3.8) is 0 Å². The average Bonchev–Trinajstić information content (AvgIpc) is 2.72. The summed E-state index contributed by atoms with van der Waals surface area (Å²) in [6.07, 6.45) is 1.43. The molecule has 7 nitrogen and oxygen atoms in total. The summed E-state index contributed by atoms with van der Waals surface area (Å²) in [4.78, 5) is 15.5. The molecule has 0 aromatic rings. The second-order valence-electron chi connectivity index (χ2n) is 11.3. The van der Waals surface area contributed by atoms with Gasteiger partial charge in [0.05, 0.1) is 12.5 Å². The maximum atomic E-state index is 13.1. The van der Waals surface area contributed by atoms with Crippen molar-refractivity contribution in [2.45, 2.75) is 92.0 Å². The van der Waals surface area contributed by atoms with Gasteiger partial charge in [0.15, 0.2) is 6.29 Å². The predicted molar refractivity (Wildman–Crippen MR) is 131 cm³/mol. The Morgan fingerprint density at radius 2 is 1.61 bits per heavy atom. The van der Waals surface area contributed by atoms with Crippen LogP contribution in [0.1, 0.15) is 67.2 Å². The number of aliphatic hydroxyl groups is 1. The fourth-order valence-electron chi connectivity index (χ4n) is 5.70. The first-order valence-electron chi connectivity index (χ1n) is 13.0. The van der Waals surface area contributed by atoms with Crippen molar-refractivity contribution in [3.05, 3.63) is 0 Å². The molecular weight excluding hydrogens is 420 g/mol. The molecule has 0 aromatic carbocycles. The molecule has 7 heteroatoms. The maximum Gasteiger partial charge on any atom is 0.310 e. The van der Waals surface area contributed by atoms with E-state index in [4.69, 9.17) is 14.2 Å². The van der Waals surface area contributed by atoms with Gasteiger partial charge in [-0.3, -0.25) is 4.79 Å². The molecule has 194 valence electrons. The molecule has 0 amide bonds. The van der Waals surface area contributed by atoms with Crippen molar-refractivity contribution in [3.8, 4) is 0 Å². The van der Waals surface area contributed by atoms with Gasteiger partial charge in [0, 0.05) is 25.0 Å². The summed E-state index contributed by atoms with van der Waals surface area (Å²) >= 11 is 0. The van der Waals surface area contributed by atoms with Gasteiger partial charge in [-0.2, -0.15) is 0 Å². The molecule has 2 rings (SSSR count). The van der Waals surface area contributed by atoms with Crippen molar-refractivity contribution < 1.29 is 24.1 Å². The van der Waals surface area contributed by atoms with Crippen LogP contribution in [0.15, 0.2) is 0 Å². The number of likely N-dealkylation sites (N-methyl/N-ethyl adjacent to an activating group) is 1.